The van der Waals surface area contributed by atoms with E-state index in [2.05, 4.69) is 36.9 Å². The first-order chi connectivity index (χ1) is 12.7. The van der Waals surface area contributed by atoms with Gasteiger partial charge in [-0.3, -0.25) is 0 Å². The predicted octanol–water partition coefficient (Wildman–Crippen LogP) is 6.56. The summed E-state index contributed by atoms with van der Waals surface area (Å²) >= 11 is 0. The van der Waals surface area contributed by atoms with Gasteiger partial charge in [0.15, 0.2) is 0 Å². The first-order valence-corrected chi connectivity index (χ1v) is 9.69. The van der Waals surface area contributed by atoms with Crippen LogP contribution in [0.4, 0.5) is 4.39 Å². The molecule has 26 heavy (non-hydrogen) atoms. The Morgan fingerprint density at radius 3 is 2.35 bits per heavy atom. The van der Waals surface area contributed by atoms with E-state index in [1.807, 2.05) is 12.1 Å². The molecule has 1 aliphatic carbocycles. The summed E-state index contributed by atoms with van der Waals surface area (Å²) < 4.78 is 19.1. The third-order valence-electron chi connectivity index (χ3n) is 5.71. The van der Waals surface area contributed by atoms with Gasteiger partial charge >= 0.3 is 0 Å². The van der Waals surface area contributed by atoms with Crippen molar-refractivity contribution in [3.63, 3.8) is 0 Å². The molecule has 0 unspecified atom stereocenters. The highest BCUT2D eigenvalue weighted by Gasteiger charge is 2.18. The van der Waals surface area contributed by atoms with Crippen molar-refractivity contribution in [2.24, 2.45) is 11.8 Å². The monoisotopic (exact) mass is 352 g/mol. The number of ether oxygens (including phenoxy) is 1. The summed E-state index contributed by atoms with van der Waals surface area (Å²) in [5.41, 5.74) is 3.94. The number of halogens is 1. The summed E-state index contributed by atoms with van der Waals surface area (Å²) in [4.78, 5) is 0. The molecule has 2 heteroatoms. The van der Waals surface area contributed by atoms with E-state index in [-0.39, 0.29) is 5.82 Å². The molecule has 0 bridgehead atoms. The largest absolute Gasteiger partial charge is 0.380 e. The molecule has 1 fully saturated rings. The summed E-state index contributed by atoms with van der Waals surface area (Å²) in [6.07, 6.45) is 9.80. The van der Waals surface area contributed by atoms with Crippen LogP contribution in [0.5, 0.6) is 0 Å². The fourth-order valence-electron chi connectivity index (χ4n) is 3.95. The molecule has 0 atom stereocenters. The second-order valence-corrected chi connectivity index (χ2v) is 7.49. The van der Waals surface area contributed by atoms with Gasteiger partial charge in [0.05, 0.1) is 6.61 Å². The zero-order valence-electron chi connectivity index (χ0n) is 15.7. The normalized spacial score (nSPS) is 20.1. The van der Waals surface area contributed by atoms with Gasteiger partial charge in [-0.2, -0.15) is 0 Å². The Morgan fingerprint density at radius 2 is 1.73 bits per heavy atom. The number of rotatable bonds is 7. The Kier molecular flexibility index (Phi) is 6.62. The van der Waals surface area contributed by atoms with Gasteiger partial charge in [0.2, 0.25) is 0 Å². The molecule has 2 aromatic rings. The molecule has 1 aliphatic rings. The summed E-state index contributed by atoms with van der Waals surface area (Å²) in [5.74, 6) is 1.39. The number of aryl methyl sites for hydroxylation is 1. The van der Waals surface area contributed by atoms with Crippen molar-refractivity contribution in [2.75, 3.05) is 7.11 Å². The minimum atomic E-state index is -0.205. The Balaban J connectivity index is 1.57. The highest BCUT2D eigenvalue weighted by Crippen LogP contribution is 2.32. The summed E-state index contributed by atoms with van der Waals surface area (Å²) in [7, 11) is 1.58. The van der Waals surface area contributed by atoms with Gasteiger partial charge in [0, 0.05) is 12.7 Å². The molecule has 0 spiro atoms. The molecule has 0 radical (unpaired) electrons. The molecule has 1 nitrogen and oxygen atoms in total. The van der Waals surface area contributed by atoms with Crippen molar-refractivity contribution < 1.29 is 9.13 Å². The van der Waals surface area contributed by atoms with Gasteiger partial charge in [-0.25, -0.2) is 4.39 Å². The lowest BCUT2D eigenvalue weighted by molar-refractivity contribution is 0.181. The molecule has 1 saturated carbocycles. The molecule has 0 aliphatic heterocycles. The lowest BCUT2D eigenvalue weighted by Gasteiger charge is -2.26. The lowest BCUT2D eigenvalue weighted by Crippen LogP contribution is -2.13. The molecule has 0 N–H and O–H groups in total. The summed E-state index contributed by atoms with van der Waals surface area (Å²) in [5, 5.41) is 0. The van der Waals surface area contributed by atoms with Gasteiger partial charge in [-0.15, -0.1) is 6.58 Å². The molecule has 0 amide bonds. The maximum atomic E-state index is 14.1. The van der Waals surface area contributed by atoms with Crippen LogP contribution in [-0.2, 0) is 17.8 Å². The number of methoxy groups -OCH3 is 1. The Labute approximate surface area is 156 Å². The van der Waals surface area contributed by atoms with E-state index < -0.39 is 0 Å². The third-order valence-corrected chi connectivity index (χ3v) is 5.71. The Bertz CT molecular complexity index is 711. The molecular weight excluding hydrogens is 323 g/mol. The molecule has 0 aromatic heterocycles. The van der Waals surface area contributed by atoms with E-state index in [0.29, 0.717) is 12.2 Å². The quantitative estimate of drug-likeness (QED) is 0.512. The topological polar surface area (TPSA) is 9.23 Å². The summed E-state index contributed by atoms with van der Waals surface area (Å²) in [6.45, 7) is 4.23. The second-order valence-electron chi connectivity index (χ2n) is 7.49. The van der Waals surface area contributed by atoms with Gasteiger partial charge in [-0.05, 0) is 73.1 Å². The minimum absolute atomic E-state index is 0.205. The smallest absolute Gasteiger partial charge is 0.129 e. The van der Waals surface area contributed by atoms with E-state index in [1.54, 1.807) is 13.2 Å². The molecular formula is C24H29FO. The summed E-state index contributed by atoms with van der Waals surface area (Å²) in [6, 6.07) is 14.0. The van der Waals surface area contributed by atoms with Crippen molar-refractivity contribution in [1.29, 1.82) is 0 Å². The van der Waals surface area contributed by atoms with Crippen LogP contribution in [0.15, 0.2) is 55.1 Å². The van der Waals surface area contributed by atoms with Gasteiger partial charge < -0.3 is 4.74 Å². The maximum absolute atomic E-state index is 14.1. The average molecular weight is 352 g/mol. The number of allylic oxidation sites excluding steroid dienone is 1. The Morgan fingerprint density at radius 1 is 1.04 bits per heavy atom. The van der Waals surface area contributed by atoms with Crippen LogP contribution in [0.3, 0.4) is 0 Å². The van der Waals surface area contributed by atoms with Crippen LogP contribution in [0.2, 0.25) is 0 Å². The highest BCUT2D eigenvalue weighted by atomic mass is 19.1. The predicted molar refractivity (Wildman–Crippen MR) is 107 cm³/mol. The maximum Gasteiger partial charge on any atom is 0.129 e. The van der Waals surface area contributed by atoms with Crippen molar-refractivity contribution in [1.82, 2.24) is 0 Å². The van der Waals surface area contributed by atoms with Crippen molar-refractivity contribution in [2.45, 2.75) is 45.1 Å². The molecule has 0 heterocycles. The number of hydrogen-bond donors (Lipinski definition) is 0. The average Bonchev–Trinajstić information content (AvgIpc) is 2.69. The van der Waals surface area contributed by atoms with Crippen LogP contribution in [0.1, 0.15) is 43.2 Å². The van der Waals surface area contributed by atoms with Crippen molar-refractivity contribution in [3.8, 4) is 11.1 Å². The zero-order valence-corrected chi connectivity index (χ0v) is 15.7. The Hall–Kier alpha value is -1.93. The highest BCUT2D eigenvalue weighted by molar-refractivity contribution is 5.64. The number of hydrogen-bond acceptors (Lipinski definition) is 1. The fourth-order valence-corrected chi connectivity index (χ4v) is 3.95. The van der Waals surface area contributed by atoms with E-state index >= 15 is 0 Å². The van der Waals surface area contributed by atoms with Gasteiger partial charge in [-0.1, -0.05) is 42.5 Å². The van der Waals surface area contributed by atoms with E-state index in [1.165, 1.54) is 37.7 Å². The van der Waals surface area contributed by atoms with Gasteiger partial charge in [0.1, 0.15) is 5.82 Å². The number of benzene rings is 2. The first-order valence-electron chi connectivity index (χ1n) is 9.69. The molecule has 138 valence electrons. The van der Waals surface area contributed by atoms with Gasteiger partial charge in [0.25, 0.3) is 0 Å². The van der Waals surface area contributed by atoms with Crippen LogP contribution in [-0.4, -0.2) is 7.11 Å². The SMILES string of the molecule is C=C[C@H]1CC[C@H](CCc2ccc(-c3ccc(COC)c(F)c3)cc2)CC1. The fraction of sp³-hybridized carbons (Fsp3) is 0.417. The van der Waals surface area contributed by atoms with Crippen LogP contribution >= 0.6 is 0 Å². The standard InChI is InChI=1S/C24H29FO/c1-3-18-4-6-19(7-5-18)8-9-20-10-12-21(13-11-20)22-14-15-23(17-26-2)24(25)16-22/h3,10-16,18-19H,1,4-9,17H2,2H3/t18-,19-. The first kappa shape index (κ1) is 18.8. The third kappa shape index (κ3) is 4.82. The van der Waals surface area contributed by atoms with Crippen LogP contribution in [0, 0.1) is 17.7 Å². The van der Waals surface area contributed by atoms with E-state index in [0.717, 1.165) is 29.4 Å². The van der Waals surface area contributed by atoms with Crippen LogP contribution in [0.25, 0.3) is 11.1 Å². The second kappa shape index (κ2) is 9.14. The van der Waals surface area contributed by atoms with E-state index in [4.69, 9.17) is 4.74 Å². The van der Waals surface area contributed by atoms with Crippen LogP contribution < -0.4 is 0 Å². The zero-order chi connectivity index (χ0) is 18.4. The lowest BCUT2D eigenvalue weighted by atomic mass is 9.79. The van der Waals surface area contributed by atoms with Crippen molar-refractivity contribution >= 4 is 0 Å². The molecule has 3 rings (SSSR count). The molecule has 2 aromatic carbocycles. The van der Waals surface area contributed by atoms with Crippen molar-refractivity contribution in [3.05, 3.63) is 72.1 Å². The van der Waals surface area contributed by atoms with E-state index in [9.17, 15) is 4.39 Å². The molecule has 0 saturated heterocycles. The minimum Gasteiger partial charge on any atom is -0.380 e.